The number of ether oxygens (including phenoxy) is 2. The maximum absolute atomic E-state index is 11.3. The topological polar surface area (TPSA) is 52.6 Å². The number of carbonyl (C=O) groups is 2. The van der Waals surface area contributed by atoms with E-state index in [1.54, 1.807) is 47.0 Å². The summed E-state index contributed by atoms with van der Waals surface area (Å²) >= 11 is 8.90. The van der Waals surface area contributed by atoms with Gasteiger partial charge < -0.3 is 9.47 Å². The van der Waals surface area contributed by atoms with E-state index < -0.39 is 11.9 Å². The summed E-state index contributed by atoms with van der Waals surface area (Å²) in [5.41, 5.74) is 0. The quantitative estimate of drug-likeness (QED) is 0.301. The van der Waals surface area contributed by atoms with Gasteiger partial charge in [-0.3, -0.25) is 0 Å². The fourth-order valence-electron chi connectivity index (χ4n) is 2.44. The van der Waals surface area contributed by atoms with Crippen LogP contribution in [0.5, 0.6) is 0 Å². The number of hydrogen-bond donors (Lipinski definition) is 0. The van der Waals surface area contributed by atoms with Gasteiger partial charge in [0.25, 0.3) is 0 Å². The molecule has 2 aliphatic rings. The van der Waals surface area contributed by atoms with E-state index in [1.807, 2.05) is 11.3 Å². The van der Waals surface area contributed by atoms with Gasteiger partial charge in [-0.15, -0.1) is 58.4 Å². The molecule has 3 heterocycles. The highest BCUT2D eigenvalue weighted by molar-refractivity contribution is 8.23. The molecule has 2 aliphatic heterocycles. The summed E-state index contributed by atoms with van der Waals surface area (Å²) in [6.07, 6.45) is 2.37. The summed E-state index contributed by atoms with van der Waals surface area (Å²) in [5.74, 6) is -0.795. The second kappa shape index (κ2) is 10.3. The summed E-state index contributed by atoms with van der Waals surface area (Å²) in [7, 11) is 0. The van der Waals surface area contributed by atoms with Gasteiger partial charge in [-0.1, -0.05) is 13.2 Å². The molecule has 0 spiro atoms. The lowest BCUT2D eigenvalue weighted by molar-refractivity contribution is -0.137. The van der Waals surface area contributed by atoms with E-state index in [4.69, 9.17) is 9.47 Å². The van der Waals surface area contributed by atoms with Gasteiger partial charge in [0.2, 0.25) is 0 Å². The molecule has 4 nitrogen and oxygen atoms in total. The van der Waals surface area contributed by atoms with Gasteiger partial charge in [0.1, 0.15) is 13.2 Å². The largest absolute Gasteiger partial charge is 0.457 e. The van der Waals surface area contributed by atoms with E-state index >= 15 is 0 Å². The van der Waals surface area contributed by atoms with Crippen molar-refractivity contribution in [2.45, 2.75) is 23.0 Å². The molecular weight excluding hydrogens is 465 g/mol. The number of hydrogen-bond acceptors (Lipinski definition) is 9. The summed E-state index contributed by atoms with van der Waals surface area (Å²) in [6, 6.07) is 4.37. The molecule has 2 atom stereocenters. The molecule has 0 saturated carbocycles. The van der Waals surface area contributed by atoms with Crippen LogP contribution in [0.15, 0.2) is 57.1 Å². The lowest BCUT2D eigenvalue weighted by Crippen LogP contribution is -2.02. The summed E-state index contributed by atoms with van der Waals surface area (Å²) in [4.78, 5) is 29.8. The lowest BCUT2D eigenvalue weighted by Gasteiger charge is -2.08. The number of esters is 2. The van der Waals surface area contributed by atoms with E-state index in [0.29, 0.717) is 13.2 Å². The van der Waals surface area contributed by atoms with Crippen LogP contribution in [0.1, 0.15) is 32.8 Å². The van der Waals surface area contributed by atoms with Gasteiger partial charge in [-0.25, -0.2) is 9.59 Å². The van der Waals surface area contributed by atoms with Gasteiger partial charge >= 0.3 is 11.9 Å². The smallest absolute Gasteiger partial charge is 0.330 e. The van der Waals surface area contributed by atoms with Gasteiger partial charge in [-0.05, 0) is 35.8 Å². The molecule has 0 aromatic carbocycles. The molecule has 0 saturated heterocycles. The van der Waals surface area contributed by atoms with E-state index in [-0.39, 0.29) is 9.16 Å². The van der Waals surface area contributed by atoms with E-state index in [9.17, 15) is 9.59 Å². The minimum Gasteiger partial charge on any atom is -0.457 e. The fourth-order valence-corrected chi connectivity index (χ4v) is 9.76. The SMILES string of the molecule is C=CC(=O)OCC1=C(C)SC(c2ccc(C3SC(C)=C(COC(=O)C=C)S3)s2)S1. The van der Waals surface area contributed by atoms with Crippen molar-refractivity contribution in [1.82, 2.24) is 0 Å². The van der Waals surface area contributed by atoms with Crippen LogP contribution in [0.2, 0.25) is 0 Å². The average molecular weight is 485 g/mol. The lowest BCUT2D eigenvalue weighted by atomic mass is 10.4. The highest BCUT2D eigenvalue weighted by atomic mass is 32.2. The van der Waals surface area contributed by atoms with Gasteiger partial charge in [0.05, 0.1) is 9.16 Å². The molecule has 9 heteroatoms. The third-order valence-corrected chi connectivity index (χ3v) is 11.7. The normalized spacial score (nSPS) is 21.4. The van der Waals surface area contributed by atoms with Gasteiger partial charge in [0.15, 0.2) is 0 Å². The Hall–Kier alpha value is -1.00. The minimum atomic E-state index is -0.398. The third kappa shape index (κ3) is 5.79. The zero-order valence-corrected chi connectivity index (χ0v) is 20.0. The zero-order chi connectivity index (χ0) is 21.0. The molecule has 3 rings (SSSR count). The standard InChI is InChI=1S/C20H20O4S5/c1-5-17(21)23-9-15-11(3)25-19(28-15)13-7-8-14(27-13)20-26-12(4)16(29-20)10-24-18(22)6-2/h5-8,19-20H,1-2,9-10H2,3-4H3. The van der Waals surface area contributed by atoms with Gasteiger partial charge in [-0.2, -0.15) is 0 Å². The number of carbonyl (C=O) groups excluding carboxylic acids is 2. The second-order valence-corrected chi connectivity index (χ2v) is 12.7. The first kappa shape index (κ1) is 22.7. The minimum absolute atomic E-state index is 0.282. The molecule has 1 aromatic rings. The van der Waals surface area contributed by atoms with E-state index in [0.717, 1.165) is 9.81 Å². The first-order valence-electron chi connectivity index (χ1n) is 8.65. The maximum Gasteiger partial charge on any atom is 0.330 e. The van der Waals surface area contributed by atoms with Crippen LogP contribution in [-0.4, -0.2) is 25.2 Å². The Labute approximate surface area is 191 Å². The van der Waals surface area contributed by atoms with Crippen LogP contribution in [0.4, 0.5) is 0 Å². The van der Waals surface area contributed by atoms with Crippen LogP contribution >= 0.6 is 58.4 Å². The molecule has 0 aliphatic carbocycles. The summed E-state index contributed by atoms with van der Waals surface area (Å²) in [6.45, 7) is 11.6. The molecular formula is C20H20O4S5. The predicted octanol–water partition coefficient (Wildman–Crippen LogP) is 6.63. The predicted molar refractivity (Wildman–Crippen MR) is 128 cm³/mol. The molecule has 0 amide bonds. The molecule has 0 bridgehead atoms. The Morgan fingerprint density at radius 2 is 1.28 bits per heavy atom. The number of allylic oxidation sites excluding steroid dienone is 2. The van der Waals surface area contributed by atoms with E-state index in [1.165, 1.54) is 31.7 Å². The Morgan fingerprint density at radius 3 is 1.66 bits per heavy atom. The van der Waals surface area contributed by atoms with Crippen LogP contribution in [0.25, 0.3) is 0 Å². The van der Waals surface area contributed by atoms with Crippen molar-refractivity contribution in [3.8, 4) is 0 Å². The van der Waals surface area contributed by atoms with Crippen LogP contribution in [-0.2, 0) is 19.1 Å². The van der Waals surface area contributed by atoms with Crippen LogP contribution in [0.3, 0.4) is 0 Å². The molecule has 0 N–H and O–H groups in total. The van der Waals surface area contributed by atoms with E-state index in [2.05, 4.69) is 39.1 Å². The maximum atomic E-state index is 11.3. The highest BCUT2D eigenvalue weighted by Crippen LogP contribution is 2.60. The molecule has 0 radical (unpaired) electrons. The van der Waals surface area contributed by atoms with Gasteiger partial charge in [0, 0.05) is 31.7 Å². The van der Waals surface area contributed by atoms with Crippen molar-refractivity contribution in [3.05, 3.63) is 66.8 Å². The highest BCUT2D eigenvalue weighted by Gasteiger charge is 2.30. The Balaban J connectivity index is 1.57. The summed E-state index contributed by atoms with van der Waals surface area (Å²) in [5, 5.41) is 0. The molecule has 0 fully saturated rings. The third-order valence-electron chi connectivity index (χ3n) is 3.99. The Bertz CT molecular complexity index is 828. The zero-order valence-electron chi connectivity index (χ0n) is 16.0. The van der Waals surface area contributed by atoms with Crippen LogP contribution < -0.4 is 0 Å². The van der Waals surface area contributed by atoms with Crippen molar-refractivity contribution in [2.75, 3.05) is 13.2 Å². The van der Waals surface area contributed by atoms with Crippen molar-refractivity contribution in [3.63, 3.8) is 0 Å². The molecule has 2 unspecified atom stereocenters. The van der Waals surface area contributed by atoms with Crippen molar-refractivity contribution in [2.24, 2.45) is 0 Å². The average Bonchev–Trinajstić information content (AvgIpc) is 3.42. The van der Waals surface area contributed by atoms with Crippen molar-refractivity contribution in [1.29, 1.82) is 0 Å². The number of rotatable bonds is 8. The first-order valence-corrected chi connectivity index (χ1v) is 13.0. The van der Waals surface area contributed by atoms with Crippen molar-refractivity contribution < 1.29 is 19.1 Å². The summed E-state index contributed by atoms with van der Waals surface area (Å²) < 4.78 is 10.9. The molecule has 154 valence electrons. The first-order chi connectivity index (χ1) is 13.9. The number of thiophene rings is 1. The Morgan fingerprint density at radius 1 is 0.862 bits per heavy atom. The molecule has 1 aromatic heterocycles. The molecule has 29 heavy (non-hydrogen) atoms. The Kier molecular flexibility index (Phi) is 8.09. The number of thioether (sulfide) groups is 4. The van der Waals surface area contributed by atoms with Crippen molar-refractivity contribution >= 4 is 70.3 Å². The van der Waals surface area contributed by atoms with Crippen LogP contribution in [0, 0.1) is 0 Å². The fraction of sp³-hybridized carbons (Fsp3) is 0.300. The second-order valence-electron chi connectivity index (χ2n) is 5.96. The monoisotopic (exact) mass is 484 g/mol.